The SMILES string of the molecule is C#CCOC1C(O)COC(CO)C1O. The molecule has 1 aliphatic heterocycles. The minimum absolute atomic E-state index is 0.0108. The summed E-state index contributed by atoms with van der Waals surface area (Å²) in [5, 5.41) is 27.8. The zero-order valence-corrected chi connectivity index (χ0v) is 7.67. The van der Waals surface area contributed by atoms with Gasteiger partial charge in [0.25, 0.3) is 0 Å². The van der Waals surface area contributed by atoms with Gasteiger partial charge in [-0.05, 0) is 0 Å². The Morgan fingerprint density at radius 3 is 2.79 bits per heavy atom. The van der Waals surface area contributed by atoms with Crippen molar-refractivity contribution in [2.24, 2.45) is 0 Å². The van der Waals surface area contributed by atoms with Gasteiger partial charge in [0.05, 0.1) is 13.2 Å². The quantitative estimate of drug-likeness (QED) is 0.467. The number of hydrogen-bond donors (Lipinski definition) is 3. The molecule has 1 heterocycles. The van der Waals surface area contributed by atoms with E-state index < -0.39 is 24.4 Å². The lowest BCUT2D eigenvalue weighted by atomic mass is 10.0. The summed E-state index contributed by atoms with van der Waals surface area (Å²) in [6.07, 6.45) is 1.50. The van der Waals surface area contributed by atoms with Gasteiger partial charge < -0.3 is 24.8 Å². The summed E-state index contributed by atoms with van der Waals surface area (Å²) in [6.45, 7) is -0.280. The van der Waals surface area contributed by atoms with Gasteiger partial charge in [-0.15, -0.1) is 6.42 Å². The van der Waals surface area contributed by atoms with E-state index in [1.165, 1.54) is 0 Å². The highest BCUT2D eigenvalue weighted by atomic mass is 16.6. The third-order valence-corrected chi connectivity index (χ3v) is 2.12. The first kappa shape index (κ1) is 11.4. The third kappa shape index (κ3) is 2.44. The Kier molecular flexibility index (Phi) is 4.32. The molecule has 0 spiro atoms. The fourth-order valence-corrected chi connectivity index (χ4v) is 1.37. The van der Waals surface area contributed by atoms with Crippen LogP contribution in [0.1, 0.15) is 0 Å². The maximum Gasteiger partial charge on any atom is 0.115 e. The van der Waals surface area contributed by atoms with Crippen LogP contribution in [0.25, 0.3) is 0 Å². The van der Waals surface area contributed by atoms with Gasteiger partial charge in [0, 0.05) is 0 Å². The van der Waals surface area contributed by atoms with Crippen LogP contribution < -0.4 is 0 Å². The van der Waals surface area contributed by atoms with Gasteiger partial charge in [0.1, 0.15) is 31.0 Å². The summed E-state index contributed by atoms with van der Waals surface area (Å²) >= 11 is 0. The summed E-state index contributed by atoms with van der Waals surface area (Å²) in [5.41, 5.74) is 0. The molecule has 4 unspecified atom stereocenters. The Labute approximate surface area is 82.3 Å². The lowest BCUT2D eigenvalue weighted by Crippen LogP contribution is -2.55. The second kappa shape index (κ2) is 5.29. The fraction of sp³-hybridized carbons (Fsp3) is 0.778. The molecule has 0 aromatic heterocycles. The maximum atomic E-state index is 9.59. The molecular formula is C9H14O5. The Balaban J connectivity index is 2.55. The summed E-state index contributed by atoms with van der Waals surface area (Å²) in [5.74, 6) is 2.24. The number of ether oxygens (including phenoxy) is 2. The molecule has 1 aliphatic rings. The van der Waals surface area contributed by atoms with Crippen molar-refractivity contribution in [1.82, 2.24) is 0 Å². The van der Waals surface area contributed by atoms with E-state index in [1.807, 2.05) is 0 Å². The molecule has 0 aromatic carbocycles. The molecule has 4 atom stereocenters. The van der Waals surface area contributed by atoms with Gasteiger partial charge in [-0.25, -0.2) is 0 Å². The smallest absolute Gasteiger partial charge is 0.115 e. The third-order valence-electron chi connectivity index (χ3n) is 2.12. The van der Waals surface area contributed by atoms with E-state index >= 15 is 0 Å². The van der Waals surface area contributed by atoms with Crippen molar-refractivity contribution in [1.29, 1.82) is 0 Å². The summed E-state index contributed by atoms with van der Waals surface area (Å²) in [4.78, 5) is 0. The number of hydrogen-bond acceptors (Lipinski definition) is 5. The second-order valence-corrected chi connectivity index (χ2v) is 3.09. The first-order chi connectivity index (χ1) is 6.70. The van der Waals surface area contributed by atoms with Gasteiger partial charge in [-0.1, -0.05) is 5.92 Å². The first-order valence-corrected chi connectivity index (χ1v) is 4.34. The lowest BCUT2D eigenvalue weighted by Gasteiger charge is -2.36. The topological polar surface area (TPSA) is 79.2 Å². The molecule has 5 nitrogen and oxygen atoms in total. The van der Waals surface area contributed by atoms with Crippen molar-refractivity contribution in [3.63, 3.8) is 0 Å². The average molecular weight is 202 g/mol. The lowest BCUT2D eigenvalue weighted by molar-refractivity contribution is -0.207. The molecule has 0 bridgehead atoms. The molecule has 80 valence electrons. The van der Waals surface area contributed by atoms with Crippen LogP contribution in [0.2, 0.25) is 0 Å². The Hall–Kier alpha value is -0.640. The Morgan fingerprint density at radius 2 is 2.21 bits per heavy atom. The van der Waals surface area contributed by atoms with E-state index in [2.05, 4.69) is 5.92 Å². The van der Waals surface area contributed by atoms with Crippen LogP contribution in [0.5, 0.6) is 0 Å². The van der Waals surface area contributed by atoms with Crippen LogP contribution in [0.3, 0.4) is 0 Å². The summed E-state index contributed by atoms with van der Waals surface area (Å²) in [6, 6.07) is 0. The molecule has 0 amide bonds. The van der Waals surface area contributed by atoms with Gasteiger partial charge in [0.2, 0.25) is 0 Å². The molecular weight excluding hydrogens is 188 g/mol. The number of aliphatic hydroxyl groups excluding tert-OH is 3. The largest absolute Gasteiger partial charge is 0.394 e. The first-order valence-electron chi connectivity index (χ1n) is 4.34. The van der Waals surface area contributed by atoms with E-state index in [0.29, 0.717) is 0 Å². The van der Waals surface area contributed by atoms with Crippen molar-refractivity contribution in [3.05, 3.63) is 0 Å². The predicted octanol–water partition coefficient (Wildman–Crippen LogP) is -1.88. The number of terminal acetylenes is 1. The fourth-order valence-electron chi connectivity index (χ4n) is 1.37. The standard InChI is InChI=1S/C9H14O5/c1-2-3-13-9-6(11)5-14-7(4-10)8(9)12/h1,6-12H,3-5H2. The van der Waals surface area contributed by atoms with Crippen LogP contribution in [0.15, 0.2) is 0 Å². The zero-order valence-electron chi connectivity index (χ0n) is 7.67. The summed E-state index contributed by atoms with van der Waals surface area (Å²) in [7, 11) is 0. The van der Waals surface area contributed by atoms with E-state index in [0.717, 1.165) is 0 Å². The van der Waals surface area contributed by atoms with Gasteiger partial charge >= 0.3 is 0 Å². The minimum atomic E-state index is -1.06. The minimum Gasteiger partial charge on any atom is -0.394 e. The van der Waals surface area contributed by atoms with Gasteiger partial charge in [-0.2, -0.15) is 0 Å². The predicted molar refractivity (Wildman–Crippen MR) is 47.4 cm³/mol. The maximum absolute atomic E-state index is 9.59. The van der Waals surface area contributed by atoms with Crippen LogP contribution in [-0.2, 0) is 9.47 Å². The average Bonchev–Trinajstić information content (AvgIpc) is 2.18. The number of rotatable bonds is 3. The van der Waals surface area contributed by atoms with Crippen molar-refractivity contribution in [2.75, 3.05) is 19.8 Å². The molecule has 0 saturated carbocycles. The van der Waals surface area contributed by atoms with Crippen molar-refractivity contribution < 1.29 is 24.8 Å². The molecule has 1 fully saturated rings. The van der Waals surface area contributed by atoms with E-state index in [-0.39, 0.29) is 19.8 Å². The van der Waals surface area contributed by atoms with Crippen molar-refractivity contribution >= 4 is 0 Å². The molecule has 0 aromatic rings. The highest BCUT2D eigenvalue weighted by Gasteiger charge is 2.38. The second-order valence-electron chi connectivity index (χ2n) is 3.09. The van der Waals surface area contributed by atoms with Gasteiger partial charge in [-0.3, -0.25) is 0 Å². The van der Waals surface area contributed by atoms with E-state index in [1.54, 1.807) is 0 Å². The molecule has 5 heteroatoms. The highest BCUT2D eigenvalue weighted by molar-refractivity contribution is 4.90. The van der Waals surface area contributed by atoms with Crippen LogP contribution in [0.4, 0.5) is 0 Å². The highest BCUT2D eigenvalue weighted by Crippen LogP contribution is 2.17. The van der Waals surface area contributed by atoms with Gasteiger partial charge in [0.15, 0.2) is 0 Å². The normalized spacial score (nSPS) is 37.9. The van der Waals surface area contributed by atoms with Crippen LogP contribution in [-0.4, -0.2) is 59.6 Å². The monoisotopic (exact) mass is 202 g/mol. The van der Waals surface area contributed by atoms with E-state index in [4.69, 9.17) is 21.0 Å². The zero-order chi connectivity index (χ0) is 10.6. The molecule has 1 rings (SSSR count). The number of aliphatic hydroxyl groups is 3. The van der Waals surface area contributed by atoms with Crippen molar-refractivity contribution in [2.45, 2.75) is 24.4 Å². The summed E-state index contributed by atoms with van der Waals surface area (Å²) < 4.78 is 10.0. The Bertz CT molecular complexity index is 212. The molecule has 0 aliphatic carbocycles. The molecule has 3 N–H and O–H groups in total. The van der Waals surface area contributed by atoms with Crippen LogP contribution in [0, 0.1) is 12.3 Å². The van der Waals surface area contributed by atoms with Crippen LogP contribution >= 0.6 is 0 Å². The molecule has 1 saturated heterocycles. The molecule has 0 radical (unpaired) electrons. The van der Waals surface area contributed by atoms with E-state index in [9.17, 15) is 10.2 Å². The Morgan fingerprint density at radius 1 is 1.50 bits per heavy atom. The van der Waals surface area contributed by atoms with Crippen molar-refractivity contribution in [3.8, 4) is 12.3 Å². The molecule has 14 heavy (non-hydrogen) atoms.